The van der Waals surface area contributed by atoms with E-state index >= 15 is 0 Å². The molecule has 23 heavy (non-hydrogen) atoms. The summed E-state index contributed by atoms with van der Waals surface area (Å²) in [6.45, 7) is 1.99. The van der Waals surface area contributed by atoms with Crippen LogP contribution >= 0.6 is 0 Å². The van der Waals surface area contributed by atoms with Gasteiger partial charge in [-0.1, -0.05) is 18.2 Å². The lowest BCUT2D eigenvalue weighted by Gasteiger charge is -2.13. The van der Waals surface area contributed by atoms with E-state index in [4.69, 9.17) is 5.73 Å². The van der Waals surface area contributed by atoms with Gasteiger partial charge in [-0.05, 0) is 36.8 Å². The molecule has 2 heterocycles. The van der Waals surface area contributed by atoms with Gasteiger partial charge in [-0.3, -0.25) is 10.9 Å². The van der Waals surface area contributed by atoms with E-state index in [1.807, 2.05) is 49.4 Å². The van der Waals surface area contributed by atoms with Crippen molar-refractivity contribution in [1.82, 2.24) is 15.0 Å². The summed E-state index contributed by atoms with van der Waals surface area (Å²) in [6.07, 6.45) is 3.16. The van der Waals surface area contributed by atoms with Gasteiger partial charge in [-0.15, -0.1) is 0 Å². The summed E-state index contributed by atoms with van der Waals surface area (Å²) in [7, 11) is 0. The maximum absolute atomic E-state index is 6.12. The fourth-order valence-corrected chi connectivity index (χ4v) is 1.97. The Labute approximate surface area is 134 Å². The number of nitrogens with two attached hydrogens (primary N) is 1. The predicted molar refractivity (Wildman–Crippen MR) is 92.4 cm³/mol. The number of rotatable bonds is 5. The van der Waals surface area contributed by atoms with Gasteiger partial charge in [0.15, 0.2) is 11.6 Å². The summed E-state index contributed by atoms with van der Waals surface area (Å²) in [5.41, 5.74) is 14.5. The topological polar surface area (TPSA) is 101 Å². The number of hydrogen-bond donors (Lipinski definition) is 4. The minimum atomic E-state index is 0.402. The molecule has 0 bridgehead atoms. The third-order valence-electron chi connectivity index (χ3n) is 3.14. The Kier molecular flexibility index (Phi) is 4.19. The molecule has 0 aliphatic rings. The first kappa shape index (κ1) is 14.6. The Morgan fingerprint density at radius 3 is 2.48 bits per heavy atom. The standard InChI is InChI=1S/C16H17N7/c1-11-7-8-18-13(9-11)21-15-14(17)16(20-10-19-15)23-22-12-5-3-2-4-6-12/h2-10,22H,17H2,1H3,(H2,18,19,20,21,23). The van der Waals surface area contributed by atoms with Crippen LogP contribution in [0.1, 0.15) is 5.56 Å². The van der Waals surface area contributed by atoms with Gasteiger partial charge in [0.1, 0.15) is 17.8 Å². The first-order valence-corrected chi connectivity index (χ1v) is 7.09. The molecule has 116 valence electrons. The van der Waals surface area contributed by atoms with Crippen molar-refractivity contribution in [3.05, 3.63) is 60.6 Å². The monoisotopic (exact) mass is 307 g/mol. The summed E-state index contributed by atoms with van der Waals surface area (Å²) in [5, 5.41) is 3.10. The van der Waals surface area contributed by atoms with Gasteiger partial charge >= 0.3 is 0 Å². The zero-order chi connectivity index (χ0) is 16.1. The van der Waals surface area contributed by atoms with Crippen LogP contribution in [-0.2, 0) is 0 Å². The SMILES string of the molecule is Cc1ccnc(Nc2ncnc(NNc3ccccc3)c2N)c1. The molecule has 0 saturated heterocycles. The Bertz CT molecular complexity index is 789. The van der Waals surface area contributed by atoms with E-state index in [1.54, 1.807) is 6.20 Å². The molecule has 0 atom stereocenters. The molecular formula is C16H17N7. The van der Waals surface area contributed by atoms with Crippen LogP contribution in [0.15, 0.2) is 55.0 Å². The molecule has 0 saturated carbocycles. The average molecular weight is 307 g/mol. The van der Waals surface area contributed by atoms with Gasteiger partial charge in [0.25, 0.3) is 0 Å². The highest BCUT2D eigenvalue weighted by Crippen LogP contribution is 2.25. The molecule has 7 heteroatoms. The zero-order valence-corrected chi connectivity index (χ0v) is 12.6. The molecule has 2 aromatic heterocycles. The van der Waals surface area contributed by atoms with Gasteiger partial charge in [0, 0.05) is 6.20 Å². The van der Waals surface area contributed by atoms with E-state index in [0.717, 1.165) is 11.3 Å². The van der Waals surface area contributed by atoms with Gasteiger partial charge in [0.2, 0.25) is 0 Å². The van der Waals surface area contributed by atoms with Crippen molar-refractivity contribution in [2.24, 2.45) is 0 Å². The molecule has 0 spiro atoms. The molecule has 1 aromatic carbocycles. The van der Waals surface area contributed by atoms with Crippen LogP contribution in [0.2, 0.25) is 0 Å². The Morgan fingerprint density at radius 1 is 0.913 bits per heavy atom. The van der Waals surface area contributed by atoms with Crippen LogP contribution in [-0.4, -0.2) is 15.0 Å². The number of aromatic nitrogens is 3. The van der Waals surface area contributed by atoms with E-state index in [-0.39, 0.29) is 0 Å². The highest BCUT2D eigenvalue weighted by molar-refractivity contribution is 5.77. The van der Waals surface area contributed by atoms with Crippen molar-refractivity contribution in [3.8, 4) is 0 Å². The minimum Gasteiger partial charge on any atom is -0.393 e. The second-order valence-electron chi connectivity index (χ2n) is 4.94. The molecule has 0 amide bonds. The fourth-order valence-electron chi connectivity index (χ4n) is 1.97. The first-order valence-electron chi connectivity index (χ1n) is 7.09. The summed E-state index contributed by atoms with van der Waals surface area (Å²) in [5.74, 6) is 1.66. The summed E-state index contributed by atoms with van der Waals surface area (Å²) in [4.78, 5) is 12.5. The lowest BCUT2D eigenvalue weighted by Crippen LogP contribution is -2.13. The van der Waals surface area contributed by atoms with E-state index < -0.39 is 0 Å². The first-order chi connectivity index (χ1) is 11.2. The number of hydrogen-bond acceptors (Lipinski definition) is 7. The Hall–Kier alpha value is -3.35. The number of nitrogen functional groups attached to an aromatic ring is 1. The van der Waals surface area contributed by atoms with Crippen molar-refractivity contribution >= 4 is 28.8 Å². The average Bonchev–Trinajstić information content (AvgIpc) is 2.57. The number of nitrogens with one attached hydrogen (secondary N) is 3. The lowest BCUT2D eigenvalue weighted by atomic mass is 10.3. The molecule has 0 aliphatic heterocycles. The third-order valence-corrected chi connectivity index (χ3v) is 3.14. The Morgan fingerprint density at radius 2 is 1.70 bits per heavy atom. The molecule has 0 aliphatic carbocycles. The number of para-hydroxylation sites is 1. The van der Waals surface area contributed by atoms with E-state index in [1.165, 1.54) is 6.33 Å². The lowest BCUT2D eigenvalue weighted by molar-refractivity contribution is 1.15. The Balaban J connectivity index is 1.75. The molecule has 0 radical (unpaired) electrons. The number of aryl methyl sites for hydroxylation is 1. The second kappa shape index (κ2) is 6.61. The van der Waals surface area contributed by atoms with Gasteiger partial charge in [-0.2, -0.15) is 0 Å². The van der Waals surface area contributed by atoms with Crippen molar-refractivity contribution in [1.29, 1.82) is 0 Å². The summed E-state index contributed by atoms with van der Waals surface area (Å²) >= 11 is 0. The van der Waals surface area contributed by atoms with Crippen molar-refractivity contribution < 1.29 is 0 Å². The number of anilines is 5. The number of pyridine rings is 1. The fraction of sp³-hybridized carbons (Fsp3) is 0.0625. The van der Waals surface area contributed by atoms with Crippen LogP contribution in [0.3, 0.4) is 0 Å². The van der Waals surface area contributed by atoms with E-state index in [0.29, 0.717) is 23.1 Å². The largest absolute Gasteiger partial charge is 0.393 e. The summed E-state index contributed by atoms with van der Waals surface area (Å²) in [6, 6.07) is 13.5. The maximum Gasteiger partial charge on any atom is 0.173 e. The number of nitrogens with zero attached hydrogens (tertiary/aromatic N) is 3. The molecular weight excluding hydrogens is 290 g/mol. The normalized spacial score (nSPS) is 10.1. The van der Waals surface area contributed by atoms with Crippen molar-refractivity contribution in [2.45, 2.75) is 6.92 Å². The molecule has 5 N–H and O–H groups in total. The molecule has 3 rings (SSSR count). The van der Waals surface area contributed by atoms with Gasteiger partial charge in [-0.25, -0.2) is 15.0 Å². The quantitative estimate of drug-likeness (QED) is 0.538. The van der Waals surface area contributed by atoms with E-state index in [9.17, 15) is 0 Å². The molecule has 7 nitrogen and oxygen atoms in total. The number of benzene rings is 1. The van der Waals surface area contributed by atoms with Crippen LogP contribution in [0.5, 0.6) is 0 Å². The zero-order valence-electron chi connectivity index (χ0n) is 12.6. The van der Waals surface area contributed by atoms with Crippen LogP contribution in [0.25, 0.3) is 0 Å². The minimum absolute atomic E-state index is 0.402. The molecule has 0 fully saturated rings. The van der Waals surface area contributed by atoms with Crippen LogP contribution in [0, 0.1) is 6.92 Å². The highest BCUT2D eigenvalue weighted by Gasteiger charge is 2.08. The molecule has 3 aromatic rings. The summed E-state index contributed by atoms with van der Waals surface area (Å²) < 4.78 is 0. The maximum atomic E-state index is 6.12. The van der Waals surface area contributed by atoms with Crippen LogP contribution < -0.4 is 21.9 Å². The molecule has 0 unspecified atom stereocenters. The van der Waals surface area contributed by atoms with Gasteiger partial charge in [0.05, 0.1) is 5.69 Å². The van der Waals surface area contributed by atoms with Crippen molar-refractivity contribution in [2.75, 3.05) is 21.9 Å². The van der Waals surface area contributed by atoms with Crippen molar-refractivity contribution in [3.63, 3.8) is 0 Å². The van der Waals surface area contributed by atoms with Gasteiger partial charge < -0.3 is 11.1 Å². The smallest absolute Gasteiger partial charge is 0.173 e. The van der Waals surface area contributed by atoms with E-state index in [2.05, 4.69) is 31.1 Å². The highest BCUT2D eigenvalue weighted by atomic mass is 15.4. The number of hydrazine groups is 1. The van der Waals surface area contributed by atoms with Crippen LogP contribution in [0.4, 0.5) is 28.8 Å². The second-order valence-corrected chi connectivity index (χ2v) is 4.94. The predicted octanol–water partition coefficient (Wildman–Crippen LogP) is 2.94. The third kappa shape index (κ3) is 3.65.